The number of hydrogen-bond donors (Lipinski definition) is 3. The van der Waals surface area contributed by atoms with Crippen LogP contribution in [0.4, 0.5) is 0 Å². The van der Waals surface area contributed by atoms with E-state index in [-0.39, 0.29) is 11.5 Å². The minimum Gasteiger partial charge on any atom is -0.508 e. The maximum atomic E-state index is 10.4. The molecule has 0 radical (unpaired) electrons. The molecule has 0 atom stereocenters. The second kappa shape index (κ2) is 6.83. The molecule has 7 heteroatoms. The second-order valence-corrected chi connectivity index (χ2v) is 7.25. The first kappa shape index (κ1) is 18.3. The van der Waals surface area contributed by atoms with Gasteiger partial charge < -0.3 is 14.8 Å². The number of aryl methyl sites for hydroxylation is 3. The zero-order valence-corrected chi connectivity index (χ0v) is 16.8. The lowest BCUT2D eigenvalue weighted by Gasteiger charge is -2.11. The van der Waals surface area contributed by atoms with Crippen LogP contribution in [0.25, 0.3) is 28.0 Å². The van der Waals surface area contributed by atoms with E-state index in [0.29, 0.717) is 22.6 Å². The summed E-state index contributed by atoms with van der Waals surface area (Å²) < 4.78 is 4.37. The van der Waals surface area contributed by atoms with Gasteiger partial charge in [-0.3, -0.25) is 9.67 Å². The fraction of sp³-hybridized carbons (Fsp3) is 0.238. The van der Waals surface area contributed by atoms with Crippen LogP contribution in [0.15, 0.2) is 36.5 Å². The van der Waals surface area contributed by atoms with Gasteiger partial charge in [0.25, 0.3) is 0 Å². The molecule has 0 saturated carbocycles. The highest BCUT2D eigenvalue weighted by molar-refractivity contribution is 7.71. The quantitative estimate of drug-likeness (QED) is 0.441. The van der Waals surface area contributed by atoms with Crippen LogP contribution in [0.1, 0.15) is 25.0 Å². The smallest absolute Gasteiger partial charge is 0.200 e. The number of rotatable bonds is 4. The fourth-order valence-electron chi connectivity index (χ4n) is 3.68. The summed E-state index contributed by atoms with van der Waals surface area (Å²) in [6.45, 7) is 4.08. The van der Waals surface area contributed by atoms with Crippen LogP contribution in [0, 0.1) is 4.77 Å². The van der Waals surface area contributed by atoms with Gasteiger partial charge in [0.2, 0.25) is 0 Å². The Morgan fingerprint density at radius 1 is 1.04 bits per heavy atom. The highest BCUT2D eigenvalue weighted by Gasteiger charge is 2.18. The first-order valence-corrected chi connectivity index (χ1v) is 9.66. The lowest BCUT2D eigenvalue weighted by molar-refractivity contribution is 0.447. The summed E-state index contributed by atoms with van der Waals surface area (Å²) in [7, 11) is 2.04. The van der Waals surface area contributed by atoms with Gasteiger partial charge >= 0.3 is 0 Å². The number of benzene rings is 2. The molecule has 0 aliphatic rings. The Morgan fingerprint density at radius 3 is 2.50 bits per heavy atom. The minimum atomic E-state index is -0.0417. The van der Waals surface area contributed by atoms with Crippen molar-refractivity contribution in [3.05, 3.63) is 52.4 Å². The number of phenolic OH excluding ortho intramolecular Hbond substituents is 2. The predicted molar refractivity (Wildman–Crippen MR) is 113 cm³/mol. The van der Waals surface area contributed by atoms with E-state index < -0.39 is 0 Å². The van der Waals surface area contributed by atoms with Crippen LogP contribution in [0.3, 0.4) is 0 Å². The zero-order valence-electron chi connectivity index (χ0n) is 16.0. The molecule has 0 fully saturated rings. The third-order valence-corrected chi connectivity index (χ3v) is 5.46. The Labute approximate surface area is 167 Å². The number of aromatic nitrogens is 4. The van der Waals surface area contributed by atoms with Gasteiger partial charge in [-0.25, -0.2) is 0 Å². The average Bonchev–Trinajstić information content (AvgIpc) is 3.21. The van der Waals surface area contributed by atoms with Crippen molar-refractivity contribution in [3.8, 4) is 28.6 Å². The van der Waals surface area contributed by atoms with Gasteiger partial charge in [-0.05, 0) is 60.5 Å². The van der Waals surface area contributed by atoms with Gasteiger partial charge in [0.15, 0.2) is 10.6 Å². The van der Waals surface area contributed by atoms with Crippen molar-refractivity contribution in [2.45, 2.75) is 26.7 Å². The topological polar surface area (TPSA) is 79.0 Å². The summed E-state index contributed by atoms with van der Waals surface area (Å²) in [5.74, 6) is 0.535. The Hall–Kier alpha value is -3.06. The van der Waals surface area contributed by atoms with Gasteiger partial charge in [0, 0.05) is 30.2 Å². The van der Waals surface area contributed by atoms with Crippen molar-refractivity contribution >= 4 is 23.1 Å². The van der Waals surface area contributed by atoms with Gasteiger partial charge in [0.05, 0.1) is 11.3 Å². The molecule has 2 heterocycles. The number of nitrogens with one attached hydrogen (secondary N) is 1. The van der Waals surface area contributed by atoms with Crippen molar-refractivity contribution in [1.82, 2.24) is 19.3 Å². The Bertz CT molecular complexity index is 1250. The first-order chi connectivity index (χ1) is 13.4. The molecule has 144 valence electrons. The summed E-state index contributed by atoms with van der Waals surface area (Å²) in [6.07, 6.45) is 3.71. The van der Waals surface area contributed by atoms with E-state index in [0.717, 1.165) is 23.2 Å². The van der Waals surface area contributed by atoms with Crippen molar-refractivity contribution in [1.29, 1.82) is 0 Å². The molecule has 0 amide bonds. The summed E-state index contributed by atoms with van der Waals surface area (Å²) in [5.41, 5.74) is 4.54. The lowest BCUT2D eigenvalue weighted by Crippen LogP contribution is -1.99. The maximum Gasteiger partial charge on any atom is 0.200 e. The van der Waals surface area contributed by atoms with E-state index in [1.54, 1.807) is 6.07 Å². The normalized spacial score (nSPS) is 11.4. The van der Waals surface area contributed by atoms with Crippen LogP contribution < -0.4 is 0 Å². The molecule has 0 saturated heterocycles. The van der Waals surface area contributed by atoms with Crippen molar-refractivity contribution in [2.75, 3.05) is 0 Å². The third-order valence-electron chi connectivity index (χ3n) is 5.19. The third kappa shape index (κ3) is 2.79. The number of phenols is 2. The SMILES string of the molecule is CCc1cc(-c2n[nH]c(=S)n2-c2ccc3c(c2)c(CC)cn3C)c(O)cc1O. The number of hydrogen-bond acceptors (Lipinski definition) is 4. The highest BCUT2D eigenvalue weighted by atomic mass is 32.1. The van der Waals surface area contributed by atoms with Crippen molar-refractivity contribution in [3.63, 3.8) is 0 Å². The largest absolute Gasteiger partial charge is 0.508 e. The molecule has 0 bridgehead atoms. The van der Waals surface area contributed by atoms with Crippen molar-refractivity contribution in [2.24, 2.45) is 7.05 Å². The molecule has 2 aromatic carbocycles. The Balaban J connectivity index is 1.96. The van der Waals surface area contributed by atoms with Gasteiger partial charge in [-0.15, -0.1) is 0 Å². The first-order valence-electron chi connectivity index (χ1n) is 9.25. The van der Waals surface area contributed by atoms with E-state index in [9.17, 15) is 10.2 Å². The molecular weight excluding hydrogens is 372 g/mol. The molecule has 4 aromatic rings. The summed E-state index contributed by atoms with van der Waals surface area (Å²) in [5, 5.41) is 28.8. The monoisotopic (exact) mass is 394 g/mol. The van der Waals surface area contributed by atoms with Crippen LogP contribution >= 0.6 is 12.2 Å². The fourth-order valence-corrected chi connectivity index (χ4v) is 3.92. The number of aromatic amines is 1. The molecule has 0 aliphatic carbocycles. The molecule has 3 N–H and O–H groups in total. The number of aromatic hydroxyl groups is 2. The van der Waals surface area contributed by atoms with Crippen LogP contribution in [-0.4, -0.2) is 29.5 Å². The number of nitrogens with zero attached hydrogens (tertiary/aromatic N) is 3. The second-order valence-electron chi connectivity index (χ2n) is 6.86. The van der Waals surface area contributed by atoms with E-state index >= 15 is 0 Å². The van der Waals surface area contributed by atoms with E-state index in [1.165, 1.54) is 17.0 Å². The number of H-pyrrole nitrogens is 1. The standard InChI is InChI=1S/C21H22N4O2S/c1-4-12-8-16(19(27)10-18(12)26)20-22-23-21(28)25(20)14-6-7-17-15(9-14)13(5-2)11-24(17)3/h6-11,26-27H,4-5H2,1-3H3,(H,23,28). The minimum absolute atomic E-state index is 0.0417. The van der Waals surface area contributed by atoms with E-state index in [4.69, 9.17) is 12.2 Å². The summed E-state index contributed by atoms with van der Waals surface area (Å²) >= 11 is 5.48. The molecule has 0 spiro atoms. The molecule has 28 heavy (non-hydrogen) atoms. The molecule has 2 aromatic heterocycles. The molecule has 4 rings (SSSR count). The van der Waals surface area contributed by atoms with E-state index in [2.05, 4.69) is 40.0 Å². The van der Waals surface area contributed by atoms with Crippen LogP contribution in [0.2, 0.25) is 0 Å². The van der Waals surface area contributed by atoms with E-state index in [1.807, 2.05) is 24.6 Å². The highest BCUT2D eigenvalue weighted by Crippen LogP contribution is 2.35. The van der Waals surface area contributed by atoms with Crippen molar-refractivity contribution < 1.29 is 10.2 Å². The van der Waals surface area contributed by atoms with Gasteiger partial charge in [-0.2, -0.15) is 5.10 Å². The zero-order chi connectivity index (χ0) is 20.0. The van der Waals surface area contributed by atoms with Crippen LogP contribution in [-0.2, 0) is 19.9 Å². The average molecular weight is 395 g/mol. The predicted octanol–water partition coefficient (Wildman–Crippen LogP) is 4.62. The van der Waals surface area contributed by atoms with Gasteiger partial charge in [0.1, 0.15) is 11.5 Å². The Morgan fingerprint density at radius 2 is 1.79 bits per heavy atom. The summed E-state index contributed by atoms with van der Waals surface area (Å²) in [4.78, 5) is 0. The summed E-state index contributed by atoms with van der Waals surface area (Å²) in [6, 6.07) is 9.27. The molecule has 6 nitrogen and oxygen atoms in total. The molecule has 0 aliphatic heterocycles. The molecular formula is C21H22N4O2S. The molecule has 0 unspecified atom stereocenters. The Kier molecular flexibility index (Phi) is 4.47. The van der Waals surface area contributed by atoms with Gasteiger partial charge in [-0.1, -0.05) is 13.8 Å². The number of fused-ring (bicyclic) bond motifs is 1. The van der Waals surface area contributed by atoms with Crippen LogP contribution in [0.5, 0.6) is 11.5 Å². The lowest BCUT2D eigenvalue weighted by atomic mass is 10.1. The maximum absolute atomic E-state index is 10.4.